The van der Waals surface area contributed by atoms with Crippen LogP contribution < -0.4 is 4.74 Å². The van der Waals surface area contributed by atoms with Crippen LogP contribution in [-0.2, 0) is 6.42 Å². The van der Waals surface area contributed by atoms with E-state index in [-0.39, 0.29) is 0 Å². The third-order valence-electron chi connectivity index (χ3n) is 5.03. The molecule has 0 bridgehead atoms. The molecule has 148 valence electrons. The van der Waals surface area contributed by atoms with Gasteiger partial charge in [0.2, 0.25) is 0 Å². The second-order valence-corrected chi connectivity index (χ2v) is 7.52. The van der Waals surface area contributed by atoms with E-state index >= 15 is 0 Å². The molecule has 0 radical (unpaired) electrons. The average molecular weight is 369 g/mol. The van der Waals surface area contributed by atoms with E-state index in [1.54, 1.807) is 12.1 Å². The summed E-state index contributed by atoms with van der Waals surface area (Å²) in [5, 5.41) is 9.35. The Morgan fingerprint density at radius 2 is 1.11 bits per heavy atom. The Bertz CT molecular complexity index is 601. The van der Waals surface area contributed by atoms with Gasteiger partial charge >= 0.3 is 0 Å². The molecule has 2 aromatic carbocycles. The molecule has 0 unspecified atom stereocenters. The average Bonchev–Trinajstić information content (AvgIpc) is 2.69. The summed E-state index contributed by atoms with van der Waals surface area (Å²) in [6.45, 7) is 3.09. The summed E-state index contributed by atoms with van der Waals surface area (Å²) in [5.74, 6) is 1.27. The number of unbranched alkanes of at least 4 members (excludes halogenated alkanes) is 9. The predicted octanol–water partition coefficient (Wildman–Crippen LogP) is 7.28. The fourth-order valence-corrected chi connectivity index (χ4v) is 3.33. The molecule has 0 aliphatic carbocycles. The van der Waals surface area contributed by atoms with E-state index in [1.165, 1.54) is 68.9 Å². The molecule has 0 amide bonds. The molecule has 27 heavy (non-hydrogen) atoms. The van der Waals surface area contributed by atoms with Gasteiger partial charge < -0.3 is 9.84 Å². The van der Waals surface area contributed by atoms with Crippen molar-refractivity contribution in [2.75, 3.05) is 6.61 Å². The van der Waals surface area contributed by atoms with Crippen molar-refractivity contribution in [1.82, 2.24) is 0 Å². The number of rotatable bonds is 14. The SMILES string of the molecule is CCCCCCCCCCCCOc1ccc(Cc2ccc(O)cc2)cc1. The number of ether oxygens (including phenoxy) is 1. The van der Waals surface area contributed by atoms with Crippen LogP contribution in [0.5, 0.6) is 11.5 Å². The molecule has 0 fully saturated rings. The molecule has 2 aromatic rings. The summed E-state index contributed by atoms with van der Waals surface area (Å²) >= 11 is 0. The lowest BCUT2D eigenvalue weighted by atomic mass is 10.0. The van der Waals surface area contributed by atoms with Gasteiger partial charge in [0.05, 0.1) is 6.61 Å². The second kappa shape index (κ2) is 13.2. The molecule has 0 aliphatic rings. The molecule has 0 atom stereocenters. The predicted molar refractivity (Wildman–Crippen MR) is 115 cm³/mol. The fraction of sp³-hybridized carbons (Fsp3) is 0.520. The van der Waals surface area contributed by atoms with Gasteiger partial charge in [0.25, 0.3) is 0 Å². The fourth-order valence-electron chi connectivity index (χ4n) is 3.33. The number of benzene rings is 2. The zero-order valence-electron chi connectivity index (χ0n) is 17.0. The van der Waals surface area contributed by atoms with E-state index in [4.69, 9.17) is 4.74 Å². The molecule has 2 heteroatoms. The lowest BCUT2D eigenvalue weighted by molar-refractivity contribution is 0.304. The number of hydrogen-bond donors (Lipinski definition) is 1. The van der Waals surface area contributed by atoms with Gasteiger partial charge in [-0.25, -0.2) is 0 Å². The van der Waals surface area contributed by atoms with E-state index < -0.39 is 0 Å². The van der Waals surface area contributed by atoms with Crippen LogP contribution in [0.25, 0.3) is 0 Å². The standard InChI is InChI=1S/C25H36O2/c1-2-3-4-5-6-7-8-9-10-11-20-27-25-18-14-23(15-19-25)21-22-12-16-24(26)17-13-22/h12-19,26H,2-11,20-21H2,1H3. The van der Waals surface area contributed by atoms with Crippen LogP contribution in [0, 0.1) is 0 Å². The van der Waals surface area contributed by atoms with Crippen molar-refractivity contribution in [1.29, 1.82) is 0 Å². The van der Waals surface area contributed by atoms with Crippen LogP contribution >= 0.6 is 0 Å². The Kier molecular flexibility index (Phi) is 10.5. The molecular formula is C25H36O2. The van der Waals surface area contributed by atoms with Crippen LogP contribution in [0.3, 0.4) is 0 Å². The summed E-state index contributed by atoms with van der Waals surface area (Å²) in [4.78, 5) is 0. The van der Waals surface area contributed by atoms with E-state index in [0.29, 0.717) is 5.75 Å². The summed E-state index contributed by atoms with van der Waals surface area (Å²) < 4.78 is 5.87. The molecule has 0 saturated carbocycles. The van der Waals surface area contributed by atoms with Crippen molar-refractivity contribution >= 4 is 0 Å². The highest BCUT2D eigenvalue weighted by Gasteiger charge is 1.99. The first kappa shape index (κ1) is 21.3. The maximum Gasteiger partial charge on any atom is 0.119 e. The van der Waals surface area contributed by atoms with Crippen molar-refractivity contribution in [3.8, 4) is 11.5 Å². The maximum absolute atomic E-state index is 9.35. The summed E-state index contributed by atoms with van der Waals surface area (Å²) in [6, 6.07) is 15.8. The van der Waals surface area contributed by atoms with Crippen LogP contribution in [0.15, 0.2) is 48.5 Å². The van der Waals surface area contributed by atoms with Crippen molar-refractivity contribution in [2.45, 2.75) is 77.6 Å². The van der Waals surface area contributed by atoms with Gasteiger partial charge in [-0.15, -0.1) is 0 Å². The van der Waals surface area contributed by atoms with Crippen molar-refractivity contribution in [3.63, 3.8) is 0 Å². The zero-order chi connectivity index (χ0) is 19.2. The van der Waals surface area contributed by atoms with Gasteiger partial charge in [0, 0.05) is 0 Å². The molecule has 1 N–H and O–H groups in total. The maximum atomic E-state index is 9.35. The number of phenolic OH excluding ortho intramolecular Hbond substituents is 1. The highest BCUT2D eigenvalue weighted by atomic mass is 16.5. The zero-order valence-corrected chi connectivity index (χ0v) is 17.0. The highest BCUT2D eigenvalue weighted by Crippen LogP contribution is 2.18. The Morgan fingerprint density at radius 1 is 0.630 bits per heavy atom. The van der Waals surface area contributed by atoms with Gasteiger partial charge in [0.15, 0.2) is 0 Å². The lowest BCUT2D eigenvalue weighted by Gasteiger charge is -2.08. The minimum atomic E-state index is 0.314. The summed E-state index contributed by atoms with van der Waals surface area (Å²) in [6.07, 6.45) is 14.4. The Labute approximate surface area is 165 Å². The molecule has 2 rings (SSSR count). The monoisotopic (exact) mass is 368 g/mol. The highest BCUT2D eigenvalue weighted by molar-refractivity contribution is 5.33. The molecular weight excluding hydrogens is 332 g/mol. The third kappa shape index (κ3) is 9.51. The first-order chi connectivity index (χ1) is 13.3. The first-order valence-corrected chi connectivity index (χ1v) is 10.8. The summed E-state index contributed by atoms with van der Waals surface area (Å²) in [5.41, 5.74) is 2.46. The number of aromatic hydroxyl groups is 1. The number of phenols is 1. The van der Waals surface area contributed by atoms with Crippen molar-refractivity contribution < 1.29 is 9.84 Å². The number of hydrogen-bond acceptors (Lipinski definition) is 2. The van der Waals surface area contributed by atoms with Gasteiger partial charge in [-0.2, -0.15) is 0 Å². The van der Waals surface area contributed by atoms with Crippen LogP contribution in [0.2, 0.25) is 0 Å². The van der Waals surface area contributed by atoms with Crippen molar-refractivity contribution in [2.24, 2.45) is 0 Å². The Morgan fingerprint density at radius 3 is 1.67 bits per heavy atom. The topological polar surface area (TPSA) is 29.5 Å². The van der Waals surface area contributed by atoms with E-state index in [9.17, 15) is 5.11 Å². The quantitative estimate of drug-likeness (QED) is 0.355. The summed E-state index contributed by atoms with van der Waals surface area (Å²) in [7, 11) is 0. The van der Waals surface area contributed by atoms with Gasteiger partial charge in [-0.1, -0.05) is 89.0 Å². The smallest absolute Gasteiger partial charge is 0.119 e. The third-order valence-corrected chi connectivity index (χ3v) is 5.03. The van der Waals surface area contributed by atoms with E-state index in [1.807, 2.05) is 12.1 Å². The van der Waals surface area contributed by atoms with Crippen molar-refractivity contribution in [3.05, 3.63) is 59.7 Å². The van der Waals surface area contributed by atoms with E-state index in [0.717, 1.165) is 25.2 Å². The molecule has 0 heterocycles. The molecule has 0 spiro atoms. The van der Waals surface area contributed by atoms with E-state index in [2.05, 4.69) is 31.2 Å². The largest absolute Gasteiger partial charge is 0.508 e. The van der Waals surface area contributed by atoms with Crippen LogP contribution in [0.1, 0.15) is 82.3 Å². The molecule has 0 aliphatic heterocycles. The van der Waals surface area contributed by atoms with Gasteiger partial charge in [-0.3, -0.25) is 0 Å². The Balaban J connectivity index is 1.52. The minimum absolute atomic E-state index is 0.314. The first-order valence-electron chi connectivity index (χ1n) is 10.8. The molecule has 0 saturated heterocycles. The van der Waals surface area contributed by atoms with Gasteiger partial charge in [0.1, 0.15) is 11.5 Å². The normalized spacial score (nSPS) is 10.9. The molecule has 0 aromatic heterocycles. The van der Waals surface area contributed by atoms with Crippen LogP contribution in [-0.4, -0.2) is 11.7 Å². The lowest BCUT2D eigenvalue weighted by Crippen LogP contribution is -1.97. The van der Waals surface area contributed by atoms with Gasteiger partial charge in [-0.05, 0) is 48.2 Å². The van der Waals surface area contributed by atoms with Crippen LogP contribution in [0.4, 0.5) is 0 Å². The molecule has 2 nitrogen and oxygen atoms in total. The second-order valence-electron chi connectivity index (χ2n) is 7.52. The minimum Gasteiger partial charge on any atom is -0.508 e. The Hall–Kier alpha value is -1.96.